The van der Waals surface area contributed by atoms with Crippen LogP contribution in [-0.2, 0) is 28.8 Å². The van der Waals surface area contributed by atoms with E-state index in [1.165, 1.54) is 6.92 Å². The van der Waals surface area contributed by atoms with Crippen LogP contribution in [0.5, 0.6) is 0 Å². The predicted octanol–water partition coefficient (Wildman–Crippen LogP) is -4.00. The van der Waals surface area contributed by atoms with Gasteiger partial charge in [0.25, 0.3) is 0 Å². The molecule has 0 aliphatic heterocycles. The van der Waals surface area contributed by atoms with Gasteiger partial charge in [-0.1, -0.05) is 0 Å². The number of aliphatic hydroxyl groups excluding tert-OH is 1. The Labute approximate surface area is 171 Å². The van der Waals surface area contributed by atoms with E-state index in [0.29, 0.717) is 0 Å². The number of aliphatic hydroxyl groups is 1. The number of aliphatic carboxylic acids is 2. The first-order valence-electron chi connectivity index (χ1n) is 8.89. The minimum atomic E-state index is -1.56. The van der Waals surface area contributed by atoms with Crippen molar-refractivity contribution in [3.05, 3.63) is 0 Å². The summed E-state index contributed by atoms with van der Waals surface area (Å²) in [5.41, 5.74) is 10.4. The van der Waals surface area contributed by atoms with E-state index in [1.54, 1.807) is 0 Å². The van der Waals surface area contributed by atoms with Crippen LogP contribution in [-0.4, -0.2) is 81.7 Å². The van der Waals surface area contributed by atoms with Crippen LogP contribution < -0.4 is 27.4 Å². The summed E-state index contributed by atoms with van der Waals surface area (Å²) in [5.74, 6) is -6.33. The topological polar surface area (TPSA) is 251 Å². The molecule has 30 heavy (non-hydrogen) atoms. The first-order valence-corrected chi connectivity index (χ1v) is 8.89. The number of hydrogen-bond donors (Lipinski definition) is 8. The smallest absolute Gasteiger partial charge is 0.326 e. The van der Waals surface area contributed by atoms with Gasteiger partial charge >= 0.3 is 11.9 Å². The second kappa shape index (κ2) is 13.1. The fourth-order valence-electron chi connectivity index (χ4n) is 2.12. The van der Waals surface area contributed by atoms with Gasteiger partial charge in [0.2, 0.25) is 23.6 Å². The lowest BCUT2D eigenvalue weighted by Crippen LogP contribution is -2.58. The van der Waals surface area contributed by atoms with Crippen molar-refractivity contribution in [2.75, 3.05) is 6.61 Å². The van der Waals surface area contributed by atoms with Crippen molar-refractivity contribution in [3.8, 4) is 0 Å². The molecule has 14 heteroatoms. The highest BCUT2D eigenvalue weighted by atomic mass is 16.4. The van der Waals surface area contributed by atoms with Gasteiger partial charge < -0.3 is 42.7 Å². The molecule has 10 N–H and O–H groups in total. The van der Waals surface area contributed by atoms with Crippen LogP contribution in [0.25, 0.3) is 0 Å². The van der Waals surface area contributed by atoms with Gasteiger partial charge in [-0.2, -0.15) is 0 Å². The molecule has 0 radical (unpaired) electrons. The molecule has 4 unspecified atom stereocenters. The Balaban J connectivity index is 5.30. The highest BCUT2D eigenvalue weighted by Crippen LogP contribution is 2.03. The molecule has 0 fully saturated rings. The molecule has 14 nitrogen and oxygen atoms in total. The summed E-state index contributed by atoms with van der Waals surface area (Å²) >= 11 is 0. The molecule has 4 amide bonds. The second-order valence-corrected chi connectivity index (χ2v) is 6.43. The highest BCUT2D eigenvalue weighted by Gasteiger charge is 2.30. The highest BCUT2D eigenvalue weighted by molar-refractivity contribution is 5.94. The molecule has 0 aliphatic carbocycles. The molecular weight excluding hydrogens is 406 g/mol. The number of hydrogen-bond acceptors (Lipinski definition) is 8. The van der Waals surface area contributed by atoms with Crippen molar-refractivity contribution in [2.24, 2.45) is 11.5 Å². The van der Waals surface area contributed by atoms with Crippen LogP contribution >= 0.6 is 0 Å². The average Bonchev–Trinajstić information content (AvgIpc) is 2.64. The van der Waals surface area contributed by atoms with Crippen LogP contribution in [0.4, 0.5) is 0 Å². The molecule has 0 saturated carbocycles. The molecule has 0 rings (SSSR count). The van der Waals surface area contributed by atoms with Crippen LogP contribution in [0.1, 0.15) is 32.6 Å². The molecule has 4 atom stereocenters. The second-order valence-electron chi connectivity index (χ2n) is 6.43. The quantitative estimate of drug-likeness (QED) is 0.132. The number of nitrogens with one attached hydrogen (secondary N) is 3. The van der Waals surface area contributed by atoms with E-state index < -0.39 is 79.2 Å². The normalized spacial score (nSPS) is 14.5. The summed E-state index contributed by atoms with van der Waals surface area (Å²) < 4.78 is 0. The Morgan fingerprint density at radius 3 is 1.70 bits per heavy atom. The van der Waals surface area contributed by atoms with Crippen LogP contribution in [0.3, 0.4) is 0 Å². The van der Waals surface area contributed by atoms with Gasteiger partial charge in [0.1, 0.15) is 18.1 Å². The van der Waals surface area contributed by atoms with Gasteiger partial charge in [-0.3, -0.25) is 24.0 Å². The molecule has 0 aliphatic rings. The first-order chi connectivity index (χ1) is 13.9. The van der Waals surface area contributed by atoms with Gasteiger partial charge in [0.15, 0.2) is 0 Å². The third kappa shape index (κ3) is 10.3. The van der Waals surface area contributed by atoms with Crippen molar-refractivity contribution in [3.63, 3.8) is 0 Å². The Morgan fingerprint density at radius 1 is 0.800 bits per heavy atom. The number of carbonyl (C=O) groups is 6. The number of nitrogens with two attached hydrogens (primary N) is 2. The molecule has 0 bridgehead atoms. The Morgan fingerprint density at radius 2 is 1.27 bits per heavy atom. The number of carboxylic acids is 2. The zero-order chi connectivity index (χ0) is 23.4. The van der Waals surface area contributed by atoms with Crippen molar-refractivity contribution < 1.29 is 44.1 Å². The third-order valence-corrected chi connectivity index (χ3v) is 3.80. The van der Waals surface area contributed by atoms with Gasteiger partial charge in [0, 0.05) is 12.8 Å². The molecule has 0 aromatic rings. The van der Waals surface area contributed by atoms with E-state index in [2.05, 4.69) is 16.0 Å². The standard InChI is InChI=1S/C16H27N5O9/c1-7(17)13(26)21-10(6-22)15(28)19-8(2-4-11(18)23)14(27)20-9(16(29)30)3-5-12(24)25/h7-10,22H,2-6,17H2,1H3,(H2,18,23)(H,19,28)(H,20,27)(H,21,26)(H,24,25)(H,29,30). The lowest BCUT2D eigenvalue weighted by molar-refractivity contribution is -0.143. The largest absolute Gasteiger partial charge is 0.481 e. The molecule has 0 heterocycles. The molecule has 0 aromatic carbocycles. The minimum absolute atomic E-state index is 0.308. The Hall–Kier alpha value is -3.26. The summed E-state index contributed by atoms with van der Waals surface area (Å²) in [6, 6.07) is -5.45. The van der Waals surface area contributed by atoms with Gasteiger partial charge in [0.05, 0.1) is 12.6 Å². The van der Waals surface area contributed by atoms with Crippen LogP contribution in [0.2, 0.25) is 0 Å². The van der Waals surface area contributed by atoms with Crippen molar-refractivity contribution in [2.45, 2.75) is 56.8 Å². The predicted molar refractivity (Wildman–Crippen MR) is 99.5 cm³/mol. The Kier molecular flexibility index (Phi) is 11.6. The monoisotopic (exact) mass is 433 g/mol. The zero-order valence-corrected chi connectivity index (χ0v) is 16.3. The lowest BCUT2D eigenvalue weighted by atomic mass is 10.1. The Bertz CT molecular complexity index is 667. The van der Waals surface area contributed by atoms with Gasteiger partial charge in [-0.25, -0.2) is 4.79 Å². The number of primary amides is 1. The molecule has 170 valence electrons. The van der Waals surface area contributed by atoms with E-state index in [0.717, 1.165) is 0 Å². The fourth-order valence-corrected chi connectivity index (χ4v) is 2.12. The summed E-state index contributed by atoms with van der Waals surface area (Å²) in [7, 11) is 0. The number of rotatable bonds is 14. The van der Waals surface area contributed by atoms with Crippen LogP contribution in [0.15, 0.2) is 0 Å². The van der Waals surface area contributed by atoms with E-state index in [4.69, 9.17) is 21.7 Å². The maximum atomic E-state index is 12.4. The van der Waals surface area contributed by atoms with Gasteiger partial charge in [-0.05, 0) is 19.8 Å². The van der Waals surface area contributed by atoms with Crippen LogP contribution in [0, 0.1) is 0 Å². The van der Waals surface area contributed by atoms with Gasteiger partial charge in [-0.15, -0.1) is 0 Å². The average molecular weight is 433 g/mol. The zero-order valence-electron chi connectivity index (χ0n) is 16.3. The number of carbonyl (C=O) groups excluding carboxylic acids is 4. The third-order valence-electron chi connectivity index (χ3n) is 3.80. The minimum Gasteiger partial charge on any atom is -0.481 e. The maximum absolute atomic E-state index is 12.4. The molecule has 0 spiro atoms. The summed E-state index contributed by atoms with van der Waals surface area (Å²) in [4.78, 5) is 69.3. The molecule has 0 aromatic heterocycles. The van der Waals surface area contributed by atoms with E-state index >= 15 is 0 Å². The summed E-state index contributed by atoms with van der Waals surface area (Å²) in [6.45, 7) is 0.513. The fraction of sp³-hybridized carbons (Fsp3) is 0.625. The number of carboxylic acid groups (broad SMARTS) is 2. The van der Waals surface area contributed by atoms with Crippen molar-refractivity contribution in [1.29, 1.82) is 0 Å². The van der Waals surface area contributed by atoms with E-state index in [1.807, 2.05) is 0 Å². The number of amides is 4. The maximum Gasteiger partial charge on any atom is 0.326 e. The van der Waals surface area contributed by atoms with Crippen molar-refractivity contribution >= 4 is 35.6 Å². The van der Waals surface area contributed by atoms with E-state index in [9.17, 15) is 33.9 Å². The first kappa shape index (κ1) is 26.7. The lowest BCUT2D eigenvalue weighted by Gasteiger charge is -2.24. The van der Waals surface area contributed by atoms with Crippen molar-refractivity contribution in [1.82, 2.24) is 16.0 Å². The molecular formula is C16H27N5O9. The molecule has 0 saturated heterocycles. The SMILES string of the molecule is CC(N)C(=O)NC(CO)C(=O)NC(CCC(N)=O)C(=O)NC(CCC(=O)O)C(=O)O. The summed E-state index contributed by atoms with van der Waals surface area (Å²) in [6.07, 6.45) is -1.61. The van der Waals surface area contributed by atoms with E-state index in [-0.39, 0.29) is 12.8 Å². The summed E-state index contributed by atoms with van der Waals surface area (Å²) in [5, 5.41) is 33.5.